The summed E-state index contributed by atoms with van der Waals surface area (Å²) in [6.45, 7) is 3.97. The summed E-state index contributed by atoms with van der Waals surface area (Å²) < 4.78 is 10.6. The molecule has 7 heteroatoms. The van der Waals surface area contributed by atoms with E-state index >= 15 is 0 Å². The summed E-state index contributed by atoms with van der Waals surface area (Å²) in [5, 5.41) is 8.57. The highest BCUT2D eigenvalue weighted by Gasteiger charge is 2.27. The molecule has 1 unspecified atom stereocenters. The molecule has 1 rings (SSSR count). The molecule has 7 nitrogen and oxygen atoms in total. The van der Waals surface area contributed by atoms with E-state index in [0.717, 1.165) is 12.8 Å². The Bertz CT molecular complexity index is 342. The van der Waals surface area contributed by atoms with Crippen LogP contribution in [0.3, 0.4) is 0 Å². The molecule has 1 N–H and O–H groups in total. The molecule has 1 saturated heterocycles. The van der Waals surface area contributed by atoms with E-state index in [-0.39, 0.29) is 31.2 Å². The van der Waals surface area contributed by atoms with E-state index in [0.29, 0.717) is 19.7 Å². The number of methoxy groups -OCH3 is 1. The predicted octanol–water partition coefficient (Wildman–Crippen LogP) is 1.03. The van der Waals surface area contributed by atoms with Crippen molar-refractivity contribution in [3.05, 3.63) is 0 Å². The second-order valence-electron chi connectivity index (χ2n) is 5.40. The van der Waals surface area contributed by atoms with Gasteiger partial charge in [-0.1, -0.05) is 0 Å². The van der Waals surface area contributed by atoms with Gasteiger partial charge in [-0.2, -0.15) is 0 Å². The smallest absolute Gasteiger partial charge is 0.320 e. The molecule has 1 fully saturated rings. The number of urea groups is 1. The number of likely N-dealkylation sites (tertiary alicyclic amines) is 1. The maximum atomic E-state index is 12.3. The van der Waals surface area contributed by atoms with E-state index in [1.165, 1.54) is 0 Å². The fourth-order valence-electron chi connectivity index (χ4n) is 2.29. The van der Waals surface area contributed by atoms with Crippen LogP contribution in [-0.2, 0) is 14.3 Å². The van der Waals surface area contributed by atoms with Crippen molar-refractivity contribution >= 4 is 12.0 Å². The third-order valence-electron chi connectivity index (χ3n) is 3.75. The molecule has 0 spiro atoms. The van der Waals surface area contributed by atoms with E-state index in [1.807, 2.05) is 11.8 Å². The van der Waals surface area contributed by atoms with Crippen LogP contribution in [0.15, 0.2) is 0 Å². The number of carbonyl (C=O) groups excluding carboxylic acids is 1. The van der Waals surface area contributed by atoms with E-state index in [2.05, 4.69) is 0 Å². The molecule has 0 aromatic rings. The average Bonchev–Trinajstić information content (AvgIpc) is 2.46. The number of hydrogen-bond acceptors (Lipinski definition) is 4. The van der Waals surface area contributed by atoms with E-state index < -0.39 is 5.97 Å². The van der Waals surface area contributed by atoms with Gasteiger partial charge in [-0.25, -0.2) is 4.79 Å². The molecule has 122 valence electrons. The zero-order valence-corrected chi connectivity index (χ0v) is 13.1. The highest BCUT2D eigenvalue weighted by Crippen LogP contribution is 2.16. The number of amides is 2. The van der Waals surface area contributed by atoms with Crippen LogP contribution in [0.4, 0.5) is 4.79 Å². The van der Waals surface area contributed by atoms with E-state index in [1.54, 1.807) is 19.1 Å². The normalized spacial score (nSPS) is 17.6. The van der Waals surface area contributed by atoms with Crippen molar-refractivity contribution in [2.24, 2.45) is 0 Å². The molecule has 0 aromatic heterocycles. The van der Waals surface area contributed by atoms with Crippen LogP contribution < -0.4 is 0 Å². The number of carboxylic acid groups (broad SMARTS) is 1. The largest absolute Gasteiger partial charge is 0.481 e. The Kier molecular flexibility index (Phi) is 7.45. The Morgan fingerprint density at radius 2 is 2.00 bits per heavy atom. The molecule has 1 heterocycles. The molecule has 0 aromatic carbocycles. The molecule has 0 radical (unpaired) electrons. The lowest BCUT2D eigenvalue weighted by molar-refractivity contribution is -0.138. The van der Waals surface area contributed by atoms with Crippen LogP contribution in [0.2, 0.25) is 0 Å². The predicted molar refractivity (Wildman–Crippen MR) is 77.3 cm³/mol. The van der Waals surface area contributed by atoms with Crippen LogP contribution in [-0.4, -0.2) is 79.5 Å². The summed E-state index contributed by atoms with van der Waals surface area (Å²) in [6.07, 6.45) is 1.57. The summed E-state index contributed by atoms with van der Waals surface area (Å²) in [5.41, 5.74) is 0. The van der Waals surface area contributed by atoms with Gasteiger partial charge in [0.25, 0.3) is 0 Å². The standard InChI is InChI=1S/C14H26N2O5/c1-11(10-20-3)15(2)14(19)16-7-4-12(5-8-16)21-9-6-13(17)18/h11-12H,4-10H2,1-3H3,(H,17,18). The van der Waals surface area contributed by atoms with Crippen molar-refractivity contribution in [2.45, 2.75) is 38.3 Å². The topological polar surface area (TPSA) is 79.3 Å². The molecule has 2 amide bonds. The summed E-state index contributed by atoms with van der Waals surface area (Å²) in [6, 6.07) is 0.0376. The van der Waals surface area contributed by atoms with Crippen LogP contribution in [0.1, 0.15) is 26.2 Å². The van der Waals surface area contributed by atoms with Gasteiger partial charge in [0.1, 0.15) is 0 Å². The number of hydrogen-bond donors (Lipinski definition) is 1. The fourth-order valence-corrected chi connectivity index (χ4v) is 2.29. The first kappa shape index (κ1) is 17.7. The summed E-state index contributed by atoms with van der Waals surface area (Å²) >= 11 is 0. The van der Waals surface area contributed by atoms with Crippen molar-refractivity contribution in [1.29, 1.82) is 0 Å². The maximum absolute atomic E-state index is 12.3. The quantitative estimate of drug-likeness (QED) is 0.760. The molecule has 0 aliphatic carbocycles. The van der Waals surface area contributed by atoms with Crippen molar-refractivity contribution < 1.29 is 24.2 Å². The summed E-state index contributed by atoms with van der Waals surface area (Å²) in [4.78, 5) is 26.2. The number of likely N-dealkylation sites (N-methyl/N-ethyl adjacent to an activating group) is 1. The fraction of sp³-hybridized carbons (Fsp3) is 0.857. The lowest BCUT2D eigenvalue weighted by atomic mass is 10.1. The maximum Gasteiger partial charge on any atom is 0.320 e. The highest BCUT2D eigenvalue weighted by atomic mass is 16.5. The van der Waals surface area contributed by atoms with Crippen LogP contribution in [0.5, 0.6) is 0 Å². The second kappa shape index (κ2) is 8.84. The summed E-state index contributed by atoms with van der Waals surface area (Å²) in [5.74, 6) is -0.851. The van der Waals surface area contributed by atoms with Gasteiger partial charge >= 0.3 is 12.0 Å². The van der Waals surface area contributed by atoms with Gasteiger partial charge in [-0.05, 0) is 19.8 Å². The molecule has 1 aliphatic rings. The minimum atomic E-state index is -0.851. The Morgan fingerprint density at radius 3 is 2.52 bits per heavy atom. The second-order valence-corrected chi connectivity index (χ2v) is 5.40. The van der Waals surface area contributed by atoms with Crippen molar-refractivity contribution in [2.75, 3.05) is 40.5 Å². The Hall–Kier alpha value is -1.34. The van der Waals surface area contributed by atoms with Crippen LogP contribution in [0.25, 0.3) is 0 Å². The Labute approximate surface area is 125 Å². The average molecular weight is 302 g/mol. The van der Waals surface area contributed by atoms with Gasteiger partial charge in [0.2, 0.25) is 0 Å². The third-order valence-corrected chi connectivity index (χ3v) is 3.75. The Balaban J connectivity index is 2.31. The van der Waals surface area contributed by atoms with Gasteiger partial charge in [0.15, 0.2) is 0 Å². The van der Waals surface area contributed by atoms with Crippen LogP contribution >= 0.6 is 0 Å². The molecule has 1 aliphatic heterocycles. The third kappa shape index (κ3) is 5.89. The molecule has 0 bridgehead atoms. The number of nitrogens with zero attached hydrogens (tertiary/aromatic N) is 2. The first-order chi connectivity index (χ1) is 9.95. The molecule has 21 heavy (non-hydrogen) atoms. The number of piperidine rings is 1. The SMILES string of the molecule is COCC(C)N(C)C(=O)N1CCC(OCCC(=O)O)CC1. The van der Waals surface area contributed by atoms with Crippen molar-refractivity contribution in [3.8, 4) is 0 Å². The molecule has 1 atom stereocenters. The van der Waals surface area contributed by atoms with Crippen molar-refractivity contribution in [3.63, 3.8) is 0 Å². The van der Waals surface area contributed by atoms with Gasteiger partial charge in [0, 0.05) is 27.2 Å². The zero-order valence-electron chi connectivity index (χ0n) is 13.1. The molecular formula is C14H26N2O5. The number of ether oxygens (including phenoxy) is 2. The van der Waals surface area contributed by atoms with Gasteiger partial charge in [-0.3, -0.25) is 4.79 Å². The lowest BCUT2D eigenvalue weighted by Gasteiger charge is -2.36. The van der Waals surface area contributed by atoms with Gasteiger partial charge in [0.05, 0.1) is 31.8 Å². The van der Waals surface area contributed by atoms with E-state index in [9.17, 15) is 9.59 Å². The lowest BCUT2D eigenvalue weighted by Crippen LogP contribution is -2.50. The molecular weight excluding hydrogens is 276 g/mol. The minimum Gasteiger partial charge on any atom is -0.481 e. The summed E-state index contributed by atoms with van der Waals surface area (Å²) in [7, 11) is 3.40. The van der Waals surface area contributed by atoms with Crippen LogP contribution in [0, 0.1) is 0 Å². The Morgan fingerprint density at radius 1 is 1.38 bits per heavy atom. The minimum absolute atomic E-state index is 0.00327. The molecule has 0 saturated carbocycles. The number of carbonyl (C=O) groups is 2. The monoisotopic (exact) mass is 302 g/mol. The first-order valence-corrected chi connectivity index (χ1v) is 7.29. The number of rotatable bonds is 7. The van der Waals surface area contributed by atoms with Crippen molar-refractivity contribution in [1.82, 2.24) is 9.80 Å². The van der Waals surface area contributed by atoms with Gasteiger partial charge < -0.3 is 24.4 Å². The van der Waals surface area contributed by atoms with E-state index in [4.69, 9.17) is 14.6 Å². The van der Waals surface area contributed by atoms with Gasteiger partial charge in [-0.15, -0.1) is 0 Å². The highest BCUT2D eigenvalue weighted by molar-refractivity contribution is 5.74. The number of aliphatic carboxylic acids is 1. The zero-order chi connectivity index (χ0) is 15.8. The number of carboxylic acids is 1. The first-order valence-electron chi connectivity index (χ1n) is 7.29.